The fourth-order valence-electron chi connectivity index (χ4n) is 2.01. The lowest BCUT2D eigenvalue weighted by Crippen LogP contribution is -2.26. The van der Waals surface area contributed by atoms with E-state index in [9.17, 15) is 12.8 Å². The first kappa shape index (κ1) is 18.3. The van der Waals surface area contributed by atoms with E-state index in [1.807, 2.05) is 24.3 Å². The van der Waals surface area contributed by atoms with Crippen molar-refractivity contribution in [3.05, 3.63) is 64.4 Å². The number of hydrogen-bond donors (Lipinski definition) is 1. The maximum Gasteiger partial charge on any atom is 0.240 e. The van der Waals surface area contributed by atoms with E-state index in [1.54, 1.807) is 18.7 Å². The van der Waals surface area contributed by atoms with Crippen LogP contribution >= 0.6 is 23.4 Å². The summed E-state index contributed by atoms with van der Waals surface area (Å²) in [5.74, 6) is 0.983. The van der Waals surface area contributed by atoms with Gasteiger partial charge in [-0.1, -0.05) is 23.7 Å². The molecule has 1 N–H and O–H groups in total. The Morgan fingerprint density at radius 3 is 2.52 bits per heavy atom. The van der Waals surface area contributed by atoms with Gasteiger partial charge in [-0.25, -0.2) is 17.5 Å². The summed E-state index contributed by atoms with van der Waals surface area (Å²) >= 11 is 7.44. The predicted molar refractivity (Wildman–Crippen MR) is 93.9 cm³/mol. The lowest BCUT2D eigenvalue weighted by atomic mass is 10.2. The molecule has 0 bridgehead atoms. The molecule has 0 aliphatic heterocycles. The molecule has 0 spiro atoms. The summed E-state index contributed by atoms with van der Waals surface area (Å²) in [4.78, 5) is 0.113. The summed E-state index contributed by atoms with van der Waals surface area (Å²) in [5.41, 5.74) is 1.53. The fraction of sp³-hybridized carbons (Fsp3) is 0.250. The van der Waals surface area contributed by atoms with E-state index in [2.05, 4.69) is 4.72 Å². The molecule has 2 aromatic carbocycles. The molecule has 2 aromatic rings. The topological polar surface area (TPSA) is 46.2 Å². The zero-order chi connectivity index (χ0) is 16.9. The van der Waals surface area contributed by atoms with Gasteiger partial charge in [-0.05, 0) is 48.4 Å². The number of rotatable bonds is 7. The zero-order valence-electron chi connectivity index (χ0n) is 12.6. The number of halogens is 2. The minimum absolute atomic E-state index is 0.113. The van der Waals surface area contributed by atoms with Crippen molar-refractivity contribution in [3.8, 4) is 0 Å². The molecule has 7 heteroatoms. The molecule has 0 aliphatic rings. The first-order valence-electron chi connectivity index (χ1n) is 6.96. The van der Waals surface area contributed by atoms with Gasteiger partial charge in [-0.3, -0.25) is 0 Å². The SMILES string of the molecule is Cc1cc(F)ccc1S(=O)(=O)NCCSCc1ccc(Cl)cc1. The van der Waals surface area contributed by atoms with Crippen molar-refractivity contribution < 1.29 is 12.8 Å². The number of sulfonamides is 1. The molecule has 0 amide bonds. The first-order valence-corrected chi connectivity index (χ1v) is 9.98. The fourth-order valence-corrected chi connectivity index (χ4v) is 4.34. The number of nitrogens with one attached hydrogen (secondary N) is 1. The third-order valence-corrected chi connectivity index (χ3v) is 6.05. The molecule has 0 aromatic heterocycles. The second-order valence-electron chi connectivity index (χ2n) is 4.99. The molecule has 0 aliphatic carbocycles. The van der Waals surface area contributed by atoms with E-state index < -0.39 is 15.8 Å². The van der Waals surface area contributed by atoms with Gasteiger partial charge in [-0.2, -0.15) is 11.8 Å². The quantitative estimate of drug-likeness (QED) is 0.746. The van der Waals surface area contributed by atoms with Crippen LogP contribution in [0, 0.1) is 12.7 Å². The van der Waals surface area contributed by atoms with Crippen molar-refractivity contribution in [2.24, 2.45) is 0 Å². The van der Waals surface area contributed by atoms with Gasteiger partial charge in [0.25, 0.3) is 0 Å². The average molecular weight is 374 g/mol. The Hall–Kier alpha value is -1.08. The first-order chi connectivity index (χ1) is 10.9. The lowest BCUT2D eigenvalue weighted by molar-refractivity contribution is 0.582. The number of benzene rings is 2. The van der Waals surface area contributed by atoms with E-state index in [0.717, 1.165) is 17.4 Å². The summed E-state index contributed by atoms with van der Waals surface area (Å²) in [6.07, 6.45) is 0. The van der Waals surface area contributed by atoms with E-state index >= 15 is 0 Å². The van der Waals surface area contributed by atoms with Crippen molar-refractivity contribution in [2.75, 3.05) is 12.3 Å². The van der Waals surface area contributed by atoms with Crippen LogP contribution in [0.5, 0.6) is 0 Å². The van der Waals surface area contributed by atoms with Gasteiger partial charge in [0.05, 0.1) is 4.90 Å². The Labute approximate surface area is 145 Å². The minimum Gasteiger partial charge on any atom is -0.210 e. The van der Waals surface area contributed by atoms with Crippen LogP contribution in [-0.2, 0) is 15.8 Å². The zero-order valence-corrected chi connectivity index (χ0v) is 14.9. The summed E-state index contributed by atoms with van der Waals surface area (Å²) in [6.45, 7) is 1.89. The van der Waals surface area contributed by atoms with Crippen LogP contribution in [0.4, 0.5) is 4.39 Å². The third-order valence-electron chi connectivity index (χ3n) is 3.15. The molecular formula is C16H17ClFNO2S2. The number of hydrogen-bond acceptors (Lipinski definition) is 3. The van der Waals surface area contributed by atoms with Gasteiger partial charge in [0.15, 0.2) is 0 Å². The van der Waals surface area contributed by atoms with E-state index in [4.69, 9.17) is 11.6 Å². The highest BCUT2D eigenvalue weighted by Gasteiger charge is 2.16. The van der Waals surface area contributed by atoms with Gasteiger partial charge >= 0.3 is 0 Å². The summed E-state index contributed by atoms with van der Waals surface area (Å²) < 4.78 is 39.9. The van der Waals surface area contributed by atoms with Crippen LogP contribution in [0.25, 0.3) is 0 Å². The van der Waals surface area contributed by atoms with Crippen LogP contribution in [0.15, 0.2) is 47.4 Å². The smallest absolute Gasteiger partial charge is 0.210 e. The van der Waals surface area contributed by atoms with Gasteiger partial charge in [0.1, 0.15) is 5.82 Å². The Morgan fingerprint density at radius 1 is 1.17 bits per heavy atom. The van der Waals surface area contributed by atoms with Crippen LogP contribution in [-0.4, -0.2) is 20.7 Å². The van der Waals surface area contributed by atoms with Crippen LogP contribution in [0.3, 0.4) is 0 Å². The molecule has 23 heavy (non-hydrogen) atoms. The Morgan fingerprint density at radius 2 is 1.87 bits per heavy atom. The number of thioether (sulfide) groups is 1. The van der Waals surface area contributed by atoms with Crippen molar-refractivity contribution in [2.45, 2.75) is 17.6 Å². The van der Waals surface area contributed by atoms with Gasteiger partial charge in [-0.15, -0.1) is 0 Å². The van der Waals surface area contributed by atoms with Crippen LogP contribution < -0.4 is 4.72 Å². The molecule has 0 saturated carbocycles. The minimum atomic E-state index is -3.61. The molecule has 2 rings (SSSR count). The third kappa shape index (κ3) is 5.49. The van der Waals surface area contributed by atoms with Crippen molar-refractivity contribution >= 4 is 33.4 Å². The molecule has 0 fully saturated rings. The maximum atomic E-state index is 13.0. The molecule has 0 heterocycles. The molecule has 0 atom stereocenters. The largest absolute Gasteiger partial charge is 0.240 e. The van der Waals surface area contributed by atoms with Crippen molar-refractivity contribution in [1.82, 2.24) is 4.72 Å². The molecule has 0 saturated heterocycles. The predicted octanol–water partition coefficient (Wildman–Crippen LogP) is 4.00. The Bertz CT molecular complexity index is 764. The normalized spacial score (nSPS) is 11.6. The highest BCUT2D eigenvalue weighted by molar-refractivity contribution is 7.98. The lowest BCUT2D eigenvalue weighted by Gasteiger charge is -2.09. The summed E-state index contributed by atoms with van der Waals surface area (Å²) in [7, 11) is -3.61. The van der Waals surface area contributed by atoms with E-state index in [1.165, 1.54) is 12.1 Å². The Balaban J connectivity index is 1.82. The average Bonchev–Trinajstić information content (AvgIpc) is 2.48. The second-order valence-corrected chi connectivity index (χ2v) is 8.26. The second kappa shape index (κ2) is 8.15. The Kier molecular flexibility index (Phi) is 6.47. The highest BCUT2D eigenvalue weighted by atomic mass is 35.5. The summed E-state index contributed by atoms with van der Waals surface area (Å²) in [6, 6.07) is 11.2. The summed E-state index contributed by atoms with van der Waals surface area (Å²) in [5, 5.41) is 0.696. The number of aryl methyl sites for hydroxylation is 1. The van der Waals surface area contributed by atoms with E-state index in [-0.39, 0.29) is 4.90 Å². The van der Waals surface area contributed by atoms with E-state index in [0.29, 0.717) is 22.9 Å². The molecule has 3 nitrogen and oxygen atoms in total. The molecule has 0 unspecified atom stereocenters. The van der Waals surface area contributed by atoms with Crippen molar-refractivity contribution in [1.29, 1.82) is 0 Å². The molecule has 0 radical (unpaired) electrons. The van der Waals surface area contributed by atoms with Crippen LogP contribution in [0.2, 0.25) is 5.02 Å². The highest BCUT2D eigenvalue weighted by Crippen LogP contribution is 2.17. The van der Waals surface area contributed by atoms with Gasteiger partial charge in [0.2, 0.25) is 10.0 Å². The van der Waals surface area contributed by atoms with Crippen molar-refractivity contribution in [3.63, 3.8) is 0 Å². The standard InChI is InChI=1S/C16H17ClFNO2S2/c1-12-10-15(18)6-7-16(12)23(20,21)19-8-9-22-11-13-2-4-14(17)5-3-13/h2-7,10,19H,8-9,11H2,1H3. The molecule has 124 valence electrons. The van der Waals surface area contributed by atoms with Gasteiger partial charge in [0, 0.05) is 23.1 Å². The molecular weight excluding hydrogens is 357 g/mol. The van der Waals surface area contributed by atoms with Gasteiger partial charge < -0.3 is 0 Å². The van der Waals surface area contributed by atoms with Crippen LogP contribution in [0.1, 0.15) is 11.1 Å². The maximum absolute atomic E-state index is 13.0. The monoisotopic (exact) mass is 373 g/mol.